The number of carbonyl (C=O) groups is 1. The molecule has 1 aliphatic rings. The summed E-state index contributed by atoms with van der Waals surface area (Å²) in [5.41, 5.74) is 3.04. The van der Waals surface area contributed by atoms with Crippen LogP contribution in [0.3, 0.4) is 0 Å². The summed E-state index contributed by atoms with van der Waals surface area (Å²) in [6.45, 7) is 6.40. The van der Waals surface area contributed by atoms with Crippen molar-refractivity contribution in [1.82, 2.24) is 19.6 Å². The van der Waals surface area contributed by atoms with Crippen LogP contribution in [0.1, 0.15) is 21.6 Å². The second kappa shape index (κ2) is 9.32. The van der Waals surface area contributed by atoms with Crippen molar-refractivity contribution in [2.75, 3.05) is 26.2 Å². The number of nitrogens with zero attached hydrogens (tertiary/aromatic N) is 4. The average molecular weight is 425 g/mol. The number of ether oxygens (including phenoxy) is 1. The van der Waals surface area contributed by atoms with Gasteiger partial charge in [-0.15, -0.1) is 0 Å². The van der Waals surface area contributed by atoms with Gasteiger partial charge in [0.2, 0.25) is 0 Å². The van der Waals surface area contributed by atoms with Gasteiger partial charge >= 0.3 is 0 Å². The molecule has 30 heavy (non-hydrogen) atoms. The molecule has 0 atom stereocenters. The van der Waals surface area contributed by atoms with Crippen LogP contribution in [0, 0.1) is 6.92 Å². The summed E-state index contributed by atoms with van der Waals surface area (Å²) in [5, 5.41) is 5.04. The van der Waals surface area contributed by atoms with Crippen LogP contribution in [0.15, 0.2) is 60.8 Å². The van der Waals surface area contributed by atoms with E-state index in [1.807, 2.05) is 4.90 Å². The predicted octanol–water partition coefficient (Wildman–Crippen LogP) is 3.84. The Hall–Kier alpha value is -2.83. The molecular formula is C23H25ClN4O2. The smallest absolute Gasteiger partial charge is 0.274 e. The zero-order valence-electron chi connectivity index (χ0n) is 17.0. The highest BCUT2D eigenvalue weighted by Gasteiger charge is 2.23. The molecule has 1 amide bonds. The quantitative estimate of drug-likeness (QED) is 0.603. The number of benzene rings is 2. The molecule has 0 saturated carbocycles. The molecule has 6 nitrogen and oxygen atoms in total. The first-order chi connectivity index (χ1) is 14.6. The van der Waals surface area contributed by atoms with Gasteiger partial charge in [0.05, 0.1) is 0 Å². The highest BCUT2D eigenvalue weighted by molar-refractivity contribution is 6.30. The fourth-order valence-electron chi connectivity index (χ4n) is 3.56. The highest BCUT2D eigenvalue weighted by atomic mass is 35.5. The van der Waals surface area contributed by atoms with Crippen molar-refractivity contribution < 1.29 is 9.53 Å². The second-order valence-electron chi connectivity index (χ2n) is 7.53. The first-order valence-corrected chi connectivity index (χ1v) is 10.4. The Morgan fingerprint density at radius 3 is 2.57 bits per heavy atom. The topological polar surface area (TPSA) is 50.6 Å². The monoisotopic (exact) mass is 424 g/mol. The summed E-state index contributed by atoms with van der Waals surface area (Å²) in [6, 6.07) is 17.5. The highest BCUT2D eigenvalue weighted by Crippen LogP contribution is 2.16. The average Bonchev–Trinajstić information content (AvgIpc) is 3.22. The van der Waals surface area contributed by atoms with Crippen molar-refractivity contribution in [2.45, 2.75) is 20.2 Å². The van der Waals surface area contributed by atoms with E-state index < -0.39 is 0 Å². The van der Waals surface area contributed by atoms with E-state index in [1.54, 1.807) is 41.2 Å². The molecule has 1 fully saturated rings. The lowest BCUT2D eigenvalue weighted by molar-refractivity contribution is 0.0621. The fourth-order valence-corrected chi connectivity index (χ4v) is 3.68. The lowest BCUT2D eigenvalue weighted by atomic mass is 10.1. The van der Waals surface area contributed by atoms with Crippen molar-refractivity contribution >= 4 is 17.5 Å². The van der Waals surface area contributed by atoms with Crippen molar-refractivity contribution in [2.24, 2.45) is 0 Å². The Balaban J connectivity index is 1.27. The Kier molecular flexibility index (Phi) is 6.35. The molecule has 0 aliphatic carbocycles. The van der Waals surface area contributed by atoms with Gasteiger partial charge in [0.25, 0.3) is 5.91 Å². The SMILES string of the molecule is Cc1cccc(CN2CCN(C(=O)c3ccn(COc4ccc(Cl)cc4)n3)CC2)c1. The predicted molar refractivity (Wildman–Crippen MR) is 117 cm³/mol. The first kappa shape index (κ1) is 20.4. The second-order valence-corrected chi connectivity index (χ2v) is 7.96. The van der Waals surface area contributed by atoms with Gasteiger partial charge in [-0.05, 0) is 42.8 Å². The Morgan fingerprint density at radius 1 is 1.07 bits per heavy atom. The van der Waals surface area contributed by atoms with Crippen LogP contribution < -0.4 is 4.74 Å². The number of aryl methyl sites for hydroxylation is 1. The van der Waals surface area contributed by atoms with Gasteiger partial charge in [0, 0.05) is 43.9 Å². The molecule has 1 aliphatic heterocycles. The first-order valence-electron chi connectivity index (χ1n) is 10.1. The van der Waals surface area contributed by atoms with Crippen molar-refractivity contribution in [1.29, 1.82) is 0 Å². The molecule has 156 valence electrons. The van der Waals surface area contributed by atoms with E-state index >= 15 is 0 Å². The molecule has 0 spiro atoms. The zero-order chi connectivity index (χ0) is 20.9. The number of amides is 1. The van der Waals surface area contributed by atoms with Crippen LogP contribution in [0.25, 0.3) is 0 Å². The number of aromatic nitrogens is 2. The molecule has 7 heteroatoms. The van der Waals surface area contributed by atoms with E-state index in [1.165, 1.54) is 11.1 Å². The van der Waals surface area contributed by atoms with Crippen molar-refractivity contribution in [3.05, 3.63) is 82.6 Å². The van der Waals surface area contributed by atoms with Gasteiger partial charge in [-0.1, -0.05) is 41.4 Å². The molecule has 3 aromatic rings. The van der Waals surface area contributed by atoms with Gasteiger partial charge in [-0.3, -0.25) is 9.69 Å². The van der Waals surface area contributed by atoms with Crippen LogP contribution in [-0.2, 0) is 13.3 Å². The van der Waals surface area contributed by atoms with E-state index in [0.717, 1.165) is 19.6 Å². The Labute approximate surface area is 181 Å². The maximum Gasteiger partial charge on any atom is 0.274 e. The third-order valence-corrected chi connectivity index (χ3v) is 5.44. The summed E-state index contributed by atoms with van der Waals surface area (Å²) < 4.78 is 7.30. The van der Waals surface area contributed by atoms with Gasteiger partial charge in [0.15, 0.2) is 12.4 Å². The summed E-state index contributed by atoms with van der Waals surface area (Å²) in [7, 11) is 0. The van der Waals surface area contributed by atoms with E-state index in [2.05, 4.69) is 41.2 Å². The van der Waals surface area contributed by atoms with E-state index in [4.69, 9.17) is 16.3 Å². The normalized spacial score (nSPS) is 14.7. The summed E-state index contributed by atoms with van der Waals surface area (Å²) in [5.74, 6) is 0.669. The standard InChI is InChI=1S/C23H25ClN4O2/c1-18-3-2-4-19(15-18)16-26-11-13-27(14-12-26)23(29)22-9-10-28(25-22)17-30-21-7-5-20(24)6-8-21/h2-10,15H,11-14,16-17H2,1H3. The Morgan fingerprint density at radius 2 is 1.83 bits per heavy atom. The van der Waals surface area contributed by atoms with E-state index in [-0.39, 0.29) is 12.6 Å². The molecule has 0 radical (unpaired) electrons. The zero-order valence-corrected chi connectivity index (χ0v) is 17.8. The molecule has 1 aromatic heterocycles. The molecule has 4 rings (SSSR count). The minimum Gasteiger partial charge on any atom is -0.471 e. The van der Waals surface area contributed by atoms with Crippen LogP contribution >= 0.6 is 11.6 Å². The summed E-state index contributed by atoms with van der Waals surface area (Å²) in [6.07, 6.45) is 1.76. The lowest BCUT2D eigenvalue weighted by Crippen LogP contribution is -2.48. The molecule has 2 aromatic carbocycles. The largest absolute Gasteiger partial charge is 0.471 e. The number of rotatable bonds is 6. The van der Waals surface area contributed by atoms with Gasteiger partial charge in [-0.25, -0.2) is 4.68 Å². The van der Waals surface area contributed by atoms with Gasteiger partial charge in [-0.2, -0.15) is 5.10 Å². The molecule has 0 bridgehead atoms. The van der Waals surface area contributed by atoms with Crippen molar-refractivity contribution in [3.8, 4) is 5.75 Å². The third kappa shape index (κ3) is 5.20. The minimum absolute atomic E-state index is 0.0320. The third-order valence-electron chi connectivity index (χ3n) is 5.19. The molecule has 0 N–H and O–H groups in total. The van der Waals surface area contributed by atoms with Crippen LogP contribution in [-0.4, -0.2) is 51.7 Å². The number of hydrogen-bond acceptors (Lipinski definition) is 4. The number of carbonyl (C=O) groups excluding carboxylic acids is 1. The molecular weight excluding hydrogens is 400 g/mol. The molecule has 0 unspecified atom stereocenters. The molecule has 1 saturated heterocycles. The van der Waals surface area contributed by atoms with E-state index in [0.29, 0.717) is 29.6 Å². The van der Waals surface area contributed by atoms with Gasteiger partial charge in [0.1, 0.15) is 5.75 Å². The van der Waals surface area contributed by atoms with Crippen LogP contribution in [0.5, 0.6) is 5.75 Å². The van der Waals surface area contributed by atoms with Crippen LogP contribution in [0.4, 0.5) is 0 Å². The maximum atomic E-state index is 12.8. The Bertz CT molecular complexity index is 994. The maximum absolute atomic E-state index is 12.8. The number of piperazine rings is 1. The lowest BCUT2D eigenvalue weighted by Gasteiger charge is -2.34. The van der Waals surface area contributed by atoms with Crippen molar-refractivity contribution in [3.63, 3.8) is 0 Å². The fraction of sp³-hybridized carbons (Fsp3) is 0.304. The molecule has 2 heterocycles. The number of halogens is 1. The van der Waals surface area contributed by atoms with Gasteiger partial charge < -0.3 is 9.64 Å². The van der Waals surface area contributed by atoms with Crippen LogP contribution in [0.2, 0.25) is 5.02 Å². The minimum atomic E-state index is -0.0320. The summed E-state index contributed by atoms with van der Waals surface area (Å²) >= 11 is 5.88. The summed E-state index contributed by atoms with van der Waals surface area (Å²) in [4.78, 5) is 17.1. The van der Waals surface area contributed by atoms with E-state index in [9.17, 15) is 4.79 Å². The number of hydrogen-bond donors (Lipinski definition) is 0.